The molecular formula is C16H16N2O2. The first-order chi connectivity index (χ1) is 9.79. The molecule has 0 saturated carbocycles. The van der Waals surface area contributed by atoms with Crippen LogP contribution in [0.5, 0.6) is 5.75 Å². The van der Waals surface area contributed by atoms with E-state index < -0.39 is 0 Å². The third-order valence-corrected chi connectivity index (χ3v) is 3.39. The molecule has 0 spiro atoms. The molecule has 1 fully saturated rings. The summed E-state index contributed by atoms with van der Waals surface area (Å²) in [7, 11) is 1.63. The number of hydrogen-bond donors (Lipinski definition) is 0. The number of anilines is 2. The molecule has 1 aliphatic rings. The van der Waals surface area contributed by atoms with Crippen LogP contribution in [0.3, 0.4) is 0 Å². The van der Waals surface area contributed by atoms with Crippen LogP contribution in [0.2, 0.25) is 0 Å². The van der Waals surface area contributed by atoms with Crippen molar-refractivity contribution in [2.24, 2.45) is 0 Å². The Bertz CT molecular complexity index is 596. The molecule has 0 unspecified atom stereocenters. The van der Waals surface area contributed by atoms with E-state index in [2.05, 4.69) is 0 Å². The minimum Gasteiger partial charge on any atom is -0.497 e. The standard InChI is InChI=1S/C16H16N2O2/c1-20-15-9-7-14(8-10-15)18-16(19)11-12-17(18)13-5-3-2-4-6-13/h2-10H,11-12H2,1H3. The molecule has 20 heavy (non-hydrogen) atoms. The van der Waals surface area contributed by atoms with E-state index in [4.69, 9.17) is 4.74 Å². The van der Waals surface area contributed by atoms with Crippen molar-refractivity contribution < 1.29 is 9.53 Å². The number of amides is 1. The Hall–Kier alpha value is -2.49. The molecule has 0 bridgehead atoms. The van der Waals surface area contributed by atoms with E-state index in [1.807, 2.05) is 59.6 Å². The molecule has 102 valence electrons. The van der Waals surface area contributed by atoms with Crippen LogP contribution in [-0.4, -0.2) is 19.6 Å². The van der Waals surface area contributed by atoms with Crippen LogP contribution in [0.25, 0.3) is 0 Å². The van der Waals surface area contributed by atoms with Gasteiger partial charge in [-0.2, -0.15) is 0 Å². The molecule has 0 aromatic heterocycles. The van der Waals surface area contributed by atoms with E-state index in [1.165, 1.54) is 0 Å². The Kier molecular flexibility index (Phi) is 3.29. The molecule has 2 aromatic carbocycles. The van der Waals surface area contributed by atoms with Gasteiger partial charge in [-0.25, -0.2) is 5.01 Å². The van der Waals surface area contributed by atoms with Gasteiger partial charge in [0.25, 0.3) is 0 Å². The van der Waals surface area contributed by atoms with Gasteiger partial charge in [0, 0.05) is 13.0 Å². The normalized spacial score (nSPS) is 14.8. The van der Waals surface area contributed by atoms with Gasteiger partial charge in [0.2, 0.25) is 5.91 Å². The molecule has 4 heteroatoms. The number of ether oxygens (including phenoxy) is 1. The summed E-state index contributed by atoms with van der Waals surface area (Å²) >= 11 is 0. The number of carbonyl (C=O) groups excluding carboxylic acids is 1. The maximum absolute atomic E-state index is 12.2. The lowest BCUT2D eigenvalue weighted by atomic mass is 10.3. The summed E-state index contributed by atoms with van der Waals surface area (Å²) in [5, 5.41) is 3.74. The highest BCUT2D eigenvalue weighted by atomic mass is 16.5. The van der Waals surface area contributed by atoms with E-state index in [1.54, 1.807) is 12.1 Å². The highest BCUT2D eigenvalue weighted by Gasteiger charge is 2.30. The van der Waals surface area contributed by atoms with Gasteiger partial charge in [-0.15, -0.1) is 0 Å². The van der Waals surface area contributed by atoms with Crippen LogP contribution in [-0.2, 0) is 4.79 Å². The van der Waals surface area contributed by atoms with Gasteiger partial charge in [0.05, 0.1) is 18.5 Å². The summed E-state index contributed by atoms with van der Waals surface area (Å²) in [5.74, 6) is 0.894. The zero-order valence-electron chi connectivity index (χ0n) is 11.3. The minimum atomic E-state index is 0.110. The zero-order chi connectivity index (χ0) is 13.9. The van der Waals surface area contributed by atoms with Gasteiger partial charge in [0.1, 0.15) is 5.75 Å². The summed E-state index contributed by atoms with van der Waals surface area (Å²) in [6.07, 6.45) is 0.529. The number of nitrogens with zero attached hydrogens (tertiary/aromatic N) is 2. The Morgan fingerprint density at radius 1 is 0.950 bits per heavy atom. The number of carbonyl (C=O) groups is 1. The molecule has 1 amide bonds. The van der Waals surface area contributed by atoms with E-state index in [0.29, 0.717) is 13.0 Å². The Labute approximate surface area is 118 Å². The fourth-order valence-electron chi connectivity index (χ4n) is 2.39. The number of hydrogen-bond acceptors (Lipinski definition) is 3. The Balaban J connectivity index is 1.94. The molecule has 0 atom stereocenters. The van der Waals surface area contributed by atoms with Gasteiger partial charge in [-0.1, -0.05) is 18.2 Å². The monoisotopic (exact) mass is 268 g/mol. The molecular weight excluding hydrogens is 252 g/mol. The average Bonchev–Trinajstić information content (AvgIpc) is 2.90. The first-order valence-electron chi connectivity index (χ1n) is 6.59. The number of benzene rings is 2. The second-order valence-electron chi connectivity index (χ2n) is 4.61. The number of rotatable bonds is 3. The molecule has 0 aliphatic carbocycles. The van der Waals surface area contributed by atoms with Crippen molar-refractivity contribution in [1.82, 2.24) is 0 Å². The molecule has 1 saturated heterocycles. The predicted octanol–water partition coefficient (Wildman–Crippen LogP) is 2.85. The third kappa shape index (κ3) is 2.20. The lowest BCUT2D eigenvalue weighted by Gasteiger charge is -2.29. The number of para-hydroxylation sites is 1. The molecule has 1 aliphatic heterocycles. The van der Waals surface area contributed by atoms with Gasteiger partial charge < -0.3 is 4.74 Å². The van der Waals surface area contributed by atoms with Crippen molar-refractivity contribution in [2.45, 2.75) is 6.42 Å². The van der Waals surface area contributed by atoms with E-state index in [-0.39, 0.29) is 5.91 Å². The lowest BCUT2D eigenvalue weighted by molar-refractivity contribution is -0.117. The topological polar surface area (TPSA) is 32.8 Å². The van der Waals surface area contributed by atoms with Crippen LogP contribution < -0.4 is 14.8 Å². The van der Waals surface area contributed by atoms with E-state index >= 15 is 0 Å². The first kappa shape index (κ1) is 12.5. The zero-order valence-corrected chi connectivity index (χ0v) is 11.3. The molecule has 1 heterocycles. The van der Waals surface area contributed by atoms with Crippen LogP contribution >= 0.6 is 0 Å². The number of methoxy groups -OCH3 is 1. The van der Waals surface area contributed by atoms with Crippen molar-refractivity contribution >= 4 is 17.3 Å². The maximum atomic E-state index is 12.2. The van der Waals surface area contributed by atoms with Crippen LogP contribution in [0, 0.1) is 0 Å². The summed E-state index contributed by atoms with van der Waals surface area (Å²) in [6.45, 7) is 0.703. The van der Waals surface area contributed by atoms with Crippen molar-refractivity contribution in [2.75, 3.05) is 23.7 Å². The summed E-state index contributed by atoms with van der Waals surface area (Å²) in [4.78, 5) is 12.2. The van der Waals surface area contributed by atoms with Crippen LogP contribution in [0.1, 0.15) is 6.42 Å². The van der Waals surface area contributed by atoms with Crippen molar-refractivity contribution in [1.29, 1.82) is 0 Å². The average molecular weight is 268 g/mol. The largest absolute Gasteiger partial charge is 0.497 e. The van der Waals surface area contributed by atoms with Gasteiger partial charge in [0.15, 0.2) is 0 Å². The third-order valence-electron chi connectivity index (χ3n) is 3.39. The highest BCUT2D eigenvalue weighted by molar-refractivity contribution is 5.99. The van der Waals surface area contributed by atoms with E-state index in [0.717, 1.165) is 17.1 Å². The molecule has 4 nitrogen and oxygen atoms in total. The maximum Gasteiger partial charge on any atom is 0.247 e. The van der Waals surface area contributed by atoms with Crippen molar-refractivity contribution in [3.05, 3.63) is 54.6 Å². The second kappa shape index (κ2) is 5.25. The molecule has 3 rings (SSSR count). The van der Waals surface area contributed by atoms with Crippen molar-refractivity contribution in [3.63, 3.8) is 0 Å². The quantitative estimate of drug-likeness (QED) is 0.858. The summed E-state index contributed by atoms with van der Waals surface area (Å²) < 4.78 is 5.15. The Morgan fingerprint density at radius 2 is 1.65 bits per heavy atom. The number of hydrazine groups is 1. The SMILES string of the molecule is COc1ccc(N2C(=O)CCN2c2ccccc2)cc1. The summed E-state index contributed by atoms with van der Waals surface area (Å²) in [6, 6.07) is 17.5. The predicted molar refractivity (Wildman–Crippen MR) is 78.9 cm³/mol. The van der Waals surface area contributed by atoms with Crippen LogP contribution in [0.4, 0.5) is 11.4 Å². The van der Waals surface area contributed by atoms with Gasteiger partial charge >= 0.3 is 0 Å². The molecule has 2 aromatic rings. The highest BCUT2D eigenvalue weighted by Crippen LogP contribution is 2.29. The van der Waals surface area contributed by atoms with Gasteiger partial charge in [-0.05, 0) is 36.4 Å². The Morgan fingerprint density at radius 3 is 2.30 bits per heavy atom. The van der Waals surface area contributed by atoms with Crippen LogP contribution in [0.15, 0.2) is 54.6 Å². The minimum absolute atomic E-state index is 0.110. The molecule has 0 N–H and O–H groups in total. The van der Waals surface area contributed by atoms with Crippen molar-refractivity contribution in [3.8, 4) is 5.75 Å². The lowest BCUT2D eigenvalue weighted by Crippen LogP contribution is -2.39. The van der Waals surface area contributed by atoms with Gasteiger partial charge in [-0.3, -0.25) is 9.80 Å². The van der Waals surface area contributed by atoms with E-state index in [9.17, 15) is 4.79 Å². The molecule has 0 radical (unpaired) electrons. The summed E-state index contributed by atoms with van der Waals surface area (Å²) in [5.41, 5.74) is 1.88. The fourth-order valence-corrected chi connectivity index (χ4v) is 2.39. The first-order valence-corrected chi connectivity index (χ1v) is 6.59. The second-order valence-corrected chi connectivity index (χ2v) is 4.61. The smallest absolute Gasteiger partial charge is 0.247 e. The fraction of sp³-hybridized carbons (Fsp3) is 0.188.